The molecule has 9 nitrogen and oxygen atoms in total. The summed E-state index contributed by atoms with van der Waals surface area (Å²) in [4.78, 5) is 32.5. The van der Waals surface area contributed by atoms with Gasteiger partial charge in [-0.15, -0.1) is 0 Å². The number of fused-ring (bicyclic) bond motifs is 2. The number of hydrogen-bond donors (Lipinski definition) is 0. The molecule has 0 bridgehead atoms. The van der Waals surface area contributed by atoms with E-state index in [1.54, 1.807) is 18.3 Å². The predicted molar refractivity (Wildman–Crippen MR) is 131 cm³/mol. The van der Waals surface area contributed by atoms with Crippen molar-refractivity contribution in [1.82, 2.24) is 19.9 Å². The molecule has 3 atom stereocenters. The summed E-state index contributed by atoms with van der Waals surface area (Å²) in [7, 11) is 0. The van der Waals surface area contributed by atoms with Gasteiger partial charge in [-0.2, -0.15) is 10.5 Å². The Labute approximate surface area is 214 Å². The Balaban J connectivity index is 1.50. The molecule has 3 aliphatic rings. The van der Waals surface area contributed by atoms with Crippen LogP contribution in [-0.4, -0.2) is 63.9 Å². The highest BCUT2D eigenvalue weighted by molar-refractivity contribution is 5.86. The maximum Gasteiger partial charge on any atom is 0.265 e. The number of rotatable bonds is 4. The molecule has 1 spiro atoms. The number of hydrogen-bond acceptors (Lipinski definition) is 8. The number of piperazine rings is 1. The summed E-state index contributed by atoms with van der Waals surface area (Å²) in [6.45, 7) is 6.03. The van der Waals surface area contributed by atoms with Crippen molar-refractivity contribution in [2.75, 3.05) is 29.4 Å². The zero-order valence-corrected chi connectivity index (χ0v) is 21.0. The molecule has 0 aromatic carbocycles. The van der Waals surface area contributed by atoms with Crippen LogP contribution in [0.2, 0.25) is 0 Å². The minimum Gasteiger partial charge on any atom is -0.350 e. The molecule has 0 N–H and O–H groups in total. The number of carbonyl (C=O) groups is 1. The van der Waals surface area contributed by atoms with E-state index in [-0.39, 0.29) is 18.0 Å². The van der Waals surface area contributed by atoms with E-state index in [4.69, 9.17) is 4.98 Å². The normalized spacial score (nSPS) is 23.7. The lowest BCUT2D eigenvalue weighted by atomic mass is 9.66. The number of nitrogens with zero attached hydrogens (tertiary/aromatic N) is 8. The zero-order chi connectivity index (χ0) is 26.5. The molecule has 2 aromatic rings. The molecule has 37 heavy (non-hydrogen) atoms. The molecule has 2 aromatic heterocycles. The Kier molecular flexibility index (Phi) is 5.98. The van der Waals surface area contributed by atoms with Crippen LogP contribution in [0.3, 0.4) is 0 Å². The molecule has 5 rings (SSSR count). The van der Waals surface area contributed by atoms with Crippen molar-refractivity contribution < 1.29 is 13.6 Å². The SMILES string of the molecule is C[C@@H]1CN(c2ncnc3c2C2(CCC2)CN3c2cc(C#N)ccn2)[C@@H](C)CN1C(=O)[C@](C)(C#N)C(F)F. The van der Waals surface area contributed by atoms with Crippen molar-refractivity contribution in [3.8, 4) is 12.1 Å². The lowest BCUT2D eigenvalue weighted by Crippen LogP contribution is -2.61. The van der Waals surface area contributed by atoms with E-state index in [0.717, 1.165) is 43.4 Å². The molecule has 2 fully saturated rings. The van der Waals surface area contributed by atoms with Gasteiger partial charge in [-0.25, -0.2) is 23.7 Å². The van der Waals surface area contributed by atoms with E-state index in [1.807, 2.05) is 13.8 Å². The largest absolute Gasteiger partial charge is 0.350 e. The summed E-state index contributed by atoms with van der Waals surface area (Å²) in [5.41, 5.74) is -0.958. The second kappa shape index (κ2) is 8.91. The van der Waals surface area contributed by atoms with Crippen LogP contribution >= 0.6 is 0 Å². The Bertz CT molecular complexity index is 1320. The summed E-state index contributed by atoms with van der Waals surface area (Å²) in [6.07, 6.45) is 3.11. The van der Waals surface area contributed by atoms with E-state index < -0.39 is 23.8 Å². The van der Waals surface area contributed by atoms with E-state index >= 15 is 0 Å². The van der Waals surface area contributed by atoms with Gasteiger partial charge in [-0.1, -0.05) is 6.42 Å². The summed E-state index contributed by atoms with van der Waals surface area (Å²) >= 11 is 0. The van der Waals surface area contributed by atoms with Crippen LogP contribution in [0.25, 0.3) is 0 Å². The standard InChI is InChI=1S/C26H28F2N8O/c1-16-12-35(24(37)25(3,13-30)23(27)28)17(2)11-34(16)21-20-22(33-15-32-21)36(14-26(20)6-4-7-26)19-9-18(10-29)5-8-31-19/h5,8-9,15-17,23H,4,6-7,11-12,14H2,1-3H3/t16-,17+,25+/m0/s1. The number of amides is 1. The maximum atomic E-state index is 13.6. The van der Waals surface area contributed by atoms with Gasteiger partial charge in [0.1, 0.15) is 23.8 Å². The highest BCUT2D eigenvalue weighted by Gasteiger charge is 2.53. The Morgan fingerprint density at radius 2 is 1.89 bits per heavy atom. The first-order valence-corrected chi connectivity index (χ1v) is 12.4. The summed E-state index contributed by atoms with van der Waals surface area (Å²) in [6, 6.07) is 6.51. The van der Waals surface area contributed by atoms with Gasteiger partial charge in [0.2, 0.25) is 5.91 Å². The molecule has 0 unspecified atom stereocenters. The first kappa shape index (κ1) is 24.8. The van der Waals surface area contributed by atoms with Crippen molar-refractivity contribution in [3.05, 3.63) is 35.8 Å². The smallest absolute Gasteiger partial charge is 0.265 e. The fourth-order valence-electron chi connectivity index (χ4n) is 5.75. The number of aromatic nitrogens is 3. The van der Waals surface area contributed by atoms with Crippen molar-refractivity contribution in [1.29, 1.82) is 10.5 Å². The highest BCUT2D eigenvalue weighted by atomic mass is 19.3. The van der Waals surface area contributed by atoms with Crippen LogP contribution in [0.15, 0.2) is 24.7 Å². The number of pyridine rings is 1. The molecule has 2 aliphatic heterocycles. The molecule has 4 heterocycles. The number of nitriles is 2. The van der Waals surface area contributed by atoms with E-state index in [0.29, 0.717) is 24.5 Å². The Morgan fingerprint density at radius 1 is 1.16 bits per heavy atom. The van der Waals surface area contributed by atoms with Gasteiger partial charge in [0.25, 0.3) is 6.43 Å². The Morgan fingerprint density at radius 3 is 2.51 bits per heavy atom. The zero-order valence-electron chi connectivity index (χ0n) is 21.0. The fourth-order valence-corrected chi connectivity index (χ4v) is 5.75. The van der Waals surface area contributed by atoms with E-state index in [9.17, 15) is 24.1 Å². The first-order chi connectivity index (χ1) is 17.6. The second-order valence-corrected chi connectivity index (χ2v) is 10.6. The molecule has 1 saturated heterocycles. The number of anilines is 3. The number of carbonyl (C=O) groups excluding carboxylic acids is 1. The third-order valence-corrected chi connectivity index (χ3v) is 8.15. The van der Waals surface area contributed by atoms with Crippen LogP contribution < -0.4 is 9.80 Å². The van der Waals surface area contributed by atoms with E-state index in [2.05, 4.69) is 25.8 Å². The van der Waals surface area contributed by atoms with Crippen LogP contribution in [0.5, 0.6) is 0 Å². The van der Waals surface area contributed by atoms with Gasteiger partial charge in [-0.3, -0.25) is 4.79 Å². The van der Waals surface area contributed by atoms with Gasteiger partial charge in [0.15, 0.2) is 5.41 Å². The highest BCUT2D eigenvalue weighted by Crippen LogP contribution is 2.56. The van der Waals surface area contributed by atoms with Gasteiger partial charge in [0.05, 0.1) is 17.7 Å². The van der Waals surface area contributed by atoms with Crippen LogP contribution in [-0.2, 0) is 10.2 Å². The minimum atomic E-state index is -3.08. The predicted octanol–water partition coefficient (Wildman–Crippen LogP) is 3.54. The number of halogens is 2. The lowest BCUT2D eigenvalue weighted by Gasteiger charge is -2.48. The van der Waals surface area contributed by atoms with Crippen LogP contribution in [0, 0.1) is 28.1 Å². The minimum absolute atomic E-state index is 0.138. The fraction of sp³-hybridized carbons (Fsp3) is 0.538. The monoisotopic (exact) mass is 506 g/mol. The molecule has 192 valence electrons. The van der Waals surface area contributed by atoms with Crippen molar-refractivity contribution in [3.63, 3.8) is 0 Å². The van der Waals surface area contributed by atoms with E-state index in [1.165, 1.54) is 17.3 Å². The van der Waals surface area contributed by atoms with Gasteiger partial charge >= 0.3 is 0 Å². The average Bonchev–Trinajstić information content (AvgIpc) is 3.25. The molecule has 1 aliphatic carbocycles. The van der Waals surface area contributed by atoms with Crippen LogP contribution in [0.4, 0.5) is 26.2 Å². The van der Waals surface area contributed by atoms with Crippen molar-refractivity contribution >= 4 is 23.4 Å². The third-order valence-electron chi connectivity index (χ3n) is 8.15. The first-order valence-electron chi connectivity index (χ1n) is 12.4. The van der Waals surface area contributed by atoms with Gasteiger partial charge in [-0.05, 0) is 45.7 Å². The molecule has 1 saturated carbocycles. The second-order valence-electron chi connectivity index (χ2n) is 10.6. The molecular formula is C26H28F2N8O. The number of alkyl halides is 2. The third kappa shape index (κ3) is 3.76. The quantitative estimate of drug-likeness (QED) is 0.619. The molecule has 0 radical (unpaired) electrons. The Hall–Kier alpha value is -3.86. The topological polar surface area (TPSA) is 113 Å². The summed E-state index contributed by atoms with van der Waals surface area (Å²) in [5, 5.41) is 18.7. The molecule has 11 heteroatoms. The molecular weight excluding hydrogens is 478 g/mol. The molecule has 1 amide bonds. The lowest BCUT2D eigenvalue weighted by molar-refractivity contribution is -0.148. The van der Waals surface area contributed by atoms with Gasteiger partial charge in [0, 0.05) is 48.9 Å². The average molecular weight is 507 g/mol. The van der Waals surface area contributed by atoms with Gasteiger partial charge < -0.3 is 14.7 Å². The van der Waals surface area contributed by atoms with Crippen molar-refractivity contribution in [2.45, 2.75) is 64.0 Å². The summed E-state index contributed by atoms with van der Waals surface area (Å²) < 4.78 is 27.3. The maximum absolute atomic E-state index is 13.6. The summed E-state index contributed by atoms with van der Waals surface area (Å²) in [5.74, 6) is 1.36. The van der Waals surface area contributed by atoms with Crippen molar-refractivity contribution in [2.24, 2.45) is 5.41 Å². The van der Waals surface area contributed by atoms with Crippen LogP contribution in [0.1, 0.15) is 51.2 Å².